The fraction of sp³-hybridized carbons (Fsp3) is 0.227. The average molecular weight is 412 g/mol. The molecule has 0 radical (unpaired) electrons. The van der Waals surface area contributed by atoms with E-state index >= 15 is 0 Å². The minimum Gasteiger partial charge on any atom is -0.421 e. The highest BCUT2D eigenvalue weighted by Gasteiger charge is 2.29. The van der Waals surface area contributed by atoms with Crippen LogP contribution in [-0.2, 0) is 19.0 Å². The van der Waals surface area contributed by atoms with Crippen molar-refractivity contribution in [1.29, 1.82) is 0 Å². The first-order chi connectivity index (χ1) is 14.4. The number of nitrogens with zero attached hydrogens (tertiary/aromatic N) is 3. The van der Waals surface area contributed by atoms with Crippen LogP contribution in [0.5, 0.6) is 0 Å². The summed E-state index contributed by atoms with van der Waals surface area (Å²) in [7, 11) is 0. The number of halogens is 3. The van der Waals surface area contributed by atoms with E-state index in [9.17, 15) is 13.2 Å². The molecule has 0 aliphatic rings. The van der Waals surface area contributed by atoms with Gasteiger partial charge in [-0.1, -0.05) is 18.2 Å². The lowest BCUT2D eigenvalue weighted by atomic mass is 10.0. The minimum atomic E-state index is -4.34. The molecule has 4 rings (SSSR count). The van der Waals surface area contributed by atoms with Crippen LogP contribution in [0.3, 0.4) is 0 Å². The molecule has 2 aromatic carbocycles. The summed E-state index contributed by atoms with van der Waals surface area (Å²) < 4.78 is 43.7. The molecule has 0 aliphatic carbocycles. The molecule has 0 saturated heterocycles. The second-order valence-electron chi connectivity index (χ2n) is 7.14. The van der Waals surface area contributed by atoms with E-state index in [1.165, 1.54) is 12.1 Å². The van der Waals surface area contributed by atoms with E-state index in [-0.39, 0.29) is 6.04 Å². The molecule has 0 saturated carbocycles. The monoisotopic (exact) mass is 412 g/mol. The van der Waals surface area contributed by atoms with Gasteiger partial charge in [0.15, 0.2) is 0 Å². The van der Waals surface area contributed by atoms with E-state index < -0.39 is 11.7 Å². The summed E-state index contributed by atoms with van der Waals surface area (Å²) in [6, 6.07) is 12.6. The molecule has 2 heterocycles. The van der Waals surface area contributed by atoms with E-state index in [1.54, 1.807) is 12.4 Å². The molecule has 154 valence electrons. The van der Waals surface area contributed by atoms with E-state index in [0.29, 0.717) is 31.0 Å². The van der Waals surface area contributed by atoms with Crippen LogP contribution in [0.25, 0.3) is 22.2 Å². The fourth-order valence-corrected chi connectivity index (χ4v) is 3.23. The molecule has 0 spiro atoms. The predicted molar refractivity (Wildman–Crippen MR) is 106 cm³/mol. The Hall–Kier alpha value is -3.26. The minimum absolute atomic E-state index is 0.231. The third-order valence-electron chi connectivity index (χ3n) is 4.86. The van der Waals surface area contributed by atoms with Crippen LogP contribution in [-0.4, -0.2) is 21.2 Å². The molecular weight excluding hydrogens is 393 g/mol. The number of nitrogens with two attached hydrogens (primary N) is 1. The maximum Gasteiger partial charge on any atom is 0.416 e. The van der Waals surface area contributed by atoms with Gasteiger partial charge in [-0.15, -0.1) is 10.2 Å². The summed E-state index contributed by atoms with van der Waals surface area (Å²) in [5.74, 6) is 0.905. The van der Waals surface area contributed by atoms with Gasteiger partial charge in [-0.3, -0.25) is 4.98 Å². The summed E-state index contributed by atoms with van der Waals surface area (Å²) in [4.78, 5) is 4.09. The maximum absolute atomic E-state index is 12.6. The Morgan fingerprint density at radius 1 is 0.967 bits per heavy atom. The Bertz CT molecular complexity index is 1140. The highest BCUT2D eigenvalue weighted by atomic mass is 19.4. The Kier molecular flexibility index (Phi) is 5.50. The third-order valence-corrected chi connectivity index (χ3v) is 4.86. The van der Waals surface area contributed by atoms with Crippen LogP contribution in [0.15, 0.2) is 65.3 Å². The second kappa shape index (κ2) is 8.23. The standard InChI is InChI=1S/C22H19F3N4O/c23-22(24,25)18-5-1-14(2-6-18)11-19(26)7-8-20-28-29-21(30-20)16-3-4-17-13-27-10-9-15(17)12-16/h1-6,9-10,12-13,19H,7-8,11,26H2/t19-/m1/s1. The quantitative estimate of drug-likeness (QED) is 0.492. The summed E-state index contributed by atoms with van der Waals surface area (Å²) in [5, 5.41) is 10.2. The Morgan fingerprint density at radius 3 is 2.53 bits per heavy atom. The molecule has 1 atom stereocenters. The predicted octanol–water partition coefficient (Wildman–Crippen LogP) is 4.81. The van der Waals surface area contributed by atoms with Crippen LogP contribution >= 0.6 is 0 Å². The van der Waals surface area contributed by atoms with Crippen molar-refractivity contribution in [2.24, 2.45) is 5.73 Å². The Balaban J connectivity index is 1.35. The Labute approximate surface area is 170 Å². The maximum atomic E-state index is 12.6. The Morgan fingerprint density at radius 2 is 1.77 bits per heavy atom. The second-order valence-corrected chi connectivity index (χ2v) is 7.14. The molecule has 0 unspecified atom stereocenters. The molecule has 4 aromatic rings. The van der Waals surface area contributed by atoms with Crippen molar-refractivity contribution in [3.63, 3.8) is 0 Å². The van der Waals surface area contributed by atoms with Gasteiger partial charge in [0.05, 0.1) is 5.56 Å². The van der Waals surface area contributed by atoms with Gasteiger partial charge < -0.3 is 10.2 Å². The molecular formula is C22H19F3N4O. The number of aromatic nitrogens is 3. The van der Waals surface area contributed by atoms with Crippen LogP contribution in [0.1, 0.15) is 23.4 Å². The first-order valence-electron chi connectivity index (χ1n) is 9.47. The summed E-state index contributed by atoms with van der Waals surface area (Å²) >= 11 is 0. The van der Waals surface area contributed by atoms with Crippen LogP contribution < -0.4 is 5.73 Å². The van der Waals surface area contributed by atoms with Gasteiger partial charge in [-0.2, -0.15) is 13.2 Å². The summed E-state index contributed by atoms with van der Waals surface area (Å²) in [5.41, 5.74) is 7.05. The topological polar surface area (TPSA) is 77.8 Å². The smallest absolute Gasteiger partial charge is 0.416 e. The molecule has 8 heteroatoms. The molecule has 2 aromatic heterocycles. The van der Waals surface area contributed by atoms with Crippen molar-refractivity contribution in [3.8, 4) is 11.5 Å². The van der Waals surface area contributed by atoms with E-state index in [4.69, 9.17) is 10.2 Å². The van der Waals surface area contributed by atoms with Gasteiger partial charge in [-0.05, 0) is 54.1 Å². The van der Waals surface area contributed by atoms with Gasteiger partial charge in [0.2, 0.25) is 11.8 Å². The molecule has 0 fully saturated rings. The van der Waals surface area contributed by atoms with Crippen LogP contribution in [0, 0.1) is 0 Å². The zero-order chi connectivity index (χ0) is 21.1. The molecule has 0 bridgehead atoms. The fourth-order valence-electron chi connectivity index (χ4n) is 3.23. The van der Waals surface area contributed by atoms with Crippen molar-refractivity contribution in [2.75, 3.05) is 0 Å². The number of aryl methyl sites for hydroxylation is 1. The number of alkyl halides is 3. The zero-order valence-corrected chi connectivity index (χ0v) is 15.9. The zero-order valence-electron chi connectivity index (χ0n) is 15.9. The third kappa shape index (κ3) is 4.65. The van der Waals surface area contributed by atoms with Crippen molar-refractivity contribution in [1.82, 2.24) is 15.2 Å². The number of benzene rings is 2. The van der Waals surface area contributed by atoms with Crippen molar-refractivity contribution in [3.05, 3.63) is 77.9 Å². The van der Waals surface area contributed by atoms with Gasteiger partial charge in [0, 0.05) is 35.8 Å². The van der Waals surface area contributed by atoms with E-state index in [0.717, 1.165) is 34.0 Å². The first-order valence-corrected chi connectivity index (χ1v) is 9.47. The SMILES string of the molecule is N[C@H](CCc1nnc(-c2ccc3cnccc3c2)o1)Cc1ccc(C(F)(F)F)cc1. The normalized spacial score (nSPS) is 12.9. The highest BCUT2D eigenvalue weighted by molar-refractivity contribution is 5.85. The number of fused-ring (bicyclic) bond motifs is 1. The molecule has 2 N–H and O–H groups in total. The number of pyridine rings is 1. The van der Waals surface area contributed by atoms with E-state index in [2.05, 4.69) is 15.2 Å². The molecule has 0 aliphatic heterocycles. The molecule has 5 nitrogen and oxygen atoms in total. The lowest BCUT2D eigenvalue weighted by Crippen LogP contribution is -2.23. The van der Waals surface area contributed by atoms with Gasteiger partial charge in [0.25, 0.3) is 0 Å². The summed E-state index contributed by atoms with van der Waals surface area (Å²) in [6.07, 6.45) is 0.717. The van der Waals surface area contributed by atoms with Gasteiger partial charge in [-0.25, -0.2) is 0 Å². The van der Waals surface area contributed by atoms with Crippen molar-refractivity contribution in [2.45, 2.75) is 31.5 Å². The number of hydrogen-bond donors (Lipinski definition) is 1. The molecule has 30 heavy (non-hydrogen) atoms. The van der Waals surface area contributed by atoms with Gasteiger partial charge >= 0.3 is 6.18 Å². The van der Waals surface area contributed by atoms with E-state index in [1.807, 2.05) is 24.3 Å². The van der Waals surface area contributed by atoms with Crippen LogP contribution in [0.2, 0.25) is 0 Å². The lowest BCUT2D eigenvalue weighted by molar-refractivity contribution is -0.137. The lowest BCUT2D eigenvalue weighted by Gasteiger charge is -2.12. The average Bonchev–Trinajstić information content (AvgIpc) is 3.21. The van der Waals surface area contributed by atoms with Crippen molar-refractivity contribution >= 4 is 10.8 Å². The molecule has 0 amide bonds. The first kappa shape index (κ1) is 20.0. The van der Waals surface area contributed by atoms with Crippen molar-refractivity contribution < 1.29 is 17.6 Å². The van der Waals surface area contributed by atoms with Gasteiger partial charge in [0.1, 0.15) is 0 Å². The largest absolute Gasteiger partial charge is 0.421 e. The van der Waals surface area contributed by atoms with Crippen LogP contribution in [0.4, 0.5) is 13.2 Å². The number of rotatable bonds is 6. The number of hydrogen-bond acceptors (Lipinski definition) is 5. The highest BCUT2D eigenvalue weighted by Crippen LogP contribution is 2.29. The summed E-state index contributed by atoms with van der Waals surface area (Å²) in [6.45, 7) is 0.